The van der Waals surface area contributed by atoms with E-state index in [0.29, 0.717) is 16.5 Å². The lowest BCUT2D eigenvalue weighted by Gasteiger charge is -2.27. The molecule has 0 aliphatic carbocycles. The van der Waals surface area contributed by atoms with Gasteiger partial charge in [0.25, 0.3) is 0 Å². The molecule has 0 fully saturated rings. The van der Waals surface area contributed by atoms with E-state index in [-0.39, 0.29) is 19.4 Å². The Morgan fingerprint density at radius 2 is 0.837 bits per heavy atom. The zero-order valence-corrected chi connectivity index (χ0v) is 45.9. The van der Waals surface area contributed by atoms with Crippen LogP contribution >= 0.6 is 0 Å². The first-order chi connectivity index (χ1) is 40.3. The highest BCUT2D eigenvalue weighted by Gasteiger charge is 2.37. The van der Waals surface area contributed by atoms with Crippen LogP contribution in [0.5, 0.6) is 0 Å². The van der Waals surface area contributed by atoms with Gasteiger partial charge in [0.05, 0.1) is 25.9 Å². The number of para-hydroxylation sites is 1. The predicted octanol–water partition coefficient (Wildman–Crippen LogP) is -7.75. The minimum absolute atomic E-state index is 0.192. The number of carboxylic acid groups (broad SMARTS) is 5. The molecule has 1 aromatic carbocycles. The molecule has 2 rings (SSSR count). The number of aromatic nitrogens is 1. The van der Waals surface area contributed by atoms with Crippen LogP contribution in [0.4, 0.5) is 0 Å². The number of aliphatic hydroxyl groups excluding tert-OH is 1. The molecule has 1 aromatic heterocycles. The van der Waals surface area contributed by atoms with Gasteiger partial charge in [-0.15, -0.1) is 0 Å². The zero-order valence-electron chi connectivity index (χ0n) is 45.9. The predicted molar refractivity (Wildman–Crippen MR) is 289 cm³/mol. The molecule has 472 valence electrons. The average molecular weight is 1220 g/mol. The highest BCUT2D eigenvalue weighted by atomic mass is 16.4. The monoisotopic (exact) mass is 1220 g/mol. The topological polar surface area (TPSA) is 632 Å². The van der Waals surface area contributed by atoms with Gasteiger partial charge in [0.1, 0.15) is 54.4 Å². The standard InChI is InChI=1S/C49H69N15O22/c1-21(66)56-33(20-65)48(86)60-28(10-13-37(72)73)44(82)64-32(18-39(76)77)47(85)62-30(16-34(50)67)45(83)57-25(7-4-14-54-49(52)53)41(79)63-31(17-38(74)75)46(84)59-26(8-11-35(68)69)42(80)58-27(9-12-36(70)71)43(81)61-29(40(51)78)15-22-19-55-24-6-3-2-5-23(22)24/h2-3,5-6,19,25-33,55,65H,4,7-18,20H2,1H3,(H2,50,67)(H2,51,78)(H,56,66)(H,57,83)(H,58,80)(H,59,84)(H,60,86)(H,61,81)(H,62,85)(H,63,79)(H,64,82)(H,68,69)(H,70,71)(H,72,73)(H,74,75)(H,76,77)(H4,52,53,54)/t25-,26-,27-,28-,29-,30-,31-,32-,33-/m1/s1. The summed E-state index contributed by atoms with van der Waals surface area (Å²) in [5.74, 6) is -22.9. The van der Waals surface area contributed by atoms with E-state index in [1.165, 1.54) is 0 Å². The number of fused-ring (bicyclic) bond motifs is 1. The second kappa shape index (κ2) is 35.5. The lowest BCUT2D eigenvalue weighted by molar-refractivity contribution is -0.143. The van der Waals surface area contributed by atoms with Gasteiger partial charge in [-0.3, -0.25) is 82.1 Å². The fraction of sp³-hybridized carbons (Fsp3) is 0.490. The Kier molecular flexibility index (Phi) is 29.6. The number of hydrogen-bond donors (Lipinski definition) is 21. The number of carbonyl (C=O) groups is 16. The number of aromatic amines is 1. The van der Waals surface area contributed by atoms with E-state index in [1.807, 2.05) is 10.6 Å². The number of hydrogen-bond acceptors (Lipinski definition) is 18. The second-order valence-corrected chi connectivity index (χ2v) is 19.0. The second-order valence-electron chi connectivity index (χ2n) is 19.0. The maximum absolute atomic E-state index is 14.1. The summed E-state index contributed by atoms with van der Waals surface area (Å²) >= 11 is 0. The fourth-order valence-corrected chi connectivity index (χ4v) is 7.95. The number of H-pyrrole nitrogens is 1. The third-order valence-electron chi connectivity index (χ3n) is 12.2. The third-order valence-corrected chi connectivity index (χ3v) is 12.2. The van der Waals surface area contributed by atoms with E-state index in [2.05, 4.69) is 47.5 Å². The van der Waals surface area contributed by atoms with Crippen molar-refractivity contribution in [1.82, 2.24) is 58.2 Å². The molecule has 9 atom stereocenters. The molecule has 0 spiro atoms. The molecule has 0 saturated heterocycles. The van der Waals surface area contributed by atoms with Crippen LogP contribution in [-0.4, -0.2) is 204 Å². The van der Waals surface area contributed by atoms with Crippen LogP contribution in [0, 0.1) is 5.41 Å². The van der Waals surface area contributed by atoms with Crippen LogP contribution in [0.2, 0.25) is 0 Å². The summed E-state index contributed by atoms with van der Waals surface area (Å²) in [4.78, 5) is 208. The molecule has 37 heteroatoms. The first-order valence-corrected chi connectivity index (χ1v) is 25.9. The van der Waals surface area contributed by atoms with Gasteiger partial charge in [-0.2, -0.15) is 0 Å². The van der Waals surface area contributed by atoms with Gasteiger partial charge in [0, 0.05) is 56.3 Å². The lowest BCUT2D eigenvalue weighted by Crippen LogP contribution is -2.61. The molecule has 37 nitrogen and oxygen atoms in total. The number of amides is 11. The van der Waals surface area contributed by atoms with Crippen LogP contribution in [0.3, 0.4) is 0 Å². The maximum atomic E-state index is 14.1. The maximum Gasteiger partial charge on any atom is 0.305 e. The summed E-state index contributed by atoms with van der Waals surface area (Å²) in [6.07, 6.45) is -7.74. The van der Waals surface area contributed by atoms with Crippen molar-refractivity contribution >= 4 is 112 Å². The quantitative estimate of drug-likeness (QED) is 0.0167. The number of carbonyl (C=O) groups excluding carboxylic acids is 11. The van der Waals surface area contributed by atoms with E-state index in [4.69, 9.17) is 22.6 Å². The molecule has 0 unspecified atom stereocenters. The van der Waals surface area contributed by atoms with E-state index in [0.717, 1.165) is 6.92 Å². The first-order valence-electron chi connectivity index (χ1n) is 25.9. The van der Waals surface area contributed by atoms with Crippen LogP contribution in [0.1, 0.15) is 83.1 Å². The molecule has 0 aliphatic rings. The highest BCUT2D eigenvalue weighted by Crippen LogP contribution is 2.19. The molecule has 11 amide bonds. The van der Waals surface area contributed by atoms with Crippen molar-refractivity contribution in [3.8, 4) is 0 Å². The molecule has 0 bridgehead atoms. The van der Waals surface area contributed by atoms with Crippen LogP contribution in [0.25, 0.3) is 10.9 Å². The number of guanidine groups is 1. The van der Waals surface area contributed by atoms with Gasteiger partial charge < -0.3 is 106 Å². The molecular weight excluding hydrogens is 1150 g/mol. The van der Waals surface area contributed by atoms with Gasteiger partial charge in [-0.25, -0.2) is 0 Å². The zero-order chi connectivity index (χ0) is 65.0. The van der Waals surface area contributed by atoms with E-state index in [9.17, 15) is 107 Å². The Balaban J connectivity index is 2.50. The number of benzene rings is 1. The van der Waals surface area contributed by atoms with Gasteiger partial charge in [-0.05, 0) is 43.7 Å². The summed E-state index contributed by atoms with van der Waals surface area (Å²) in [5, 5.41) is 86.8. The van der Waals surface area contributed by atoms with Crippen LogP contribution in [0.15, 0.2) is 30.5 Å². The number of nitrogens with two attached hydrogens (primary N) is 3. The van der Waals surface area contributed by atoms with E-state index in [1.54, 1.807) is 30.5 Å². The van der Waals surface area contributed by atoms with Crippen molar-refractivity contribution in [3.05, 3.63) is 36.0 Å². The Morgan fingerprint density at radius 1 is 0.477 bits per heavy atom. The smallest absolute Gasteiger partial charge is 0.305 e. The van der Waals surface area contributed by atoms with E-state index < -0.39 is 226 Å². The average Bonchev–Trinajstić information content (AvgIpc) is 3.30. The minimum atomic E-state index is -2.23. The first kappa shape index (κ1) is 71.6. The number of carboxylic acids is 5. The molecule has 24 N–H and O–H groups in total. The minimum Gasteiger partial charge on any atom is -0.481 e. The molecule has 2 aromatic rings. The normalized spacial score (nSPS) is 13.9. The van der Waals surface area contributed by atoms with Crippen LogP contribution in [-0.2, 0) is 83.1 Å². The van der Waals surface area contributed by atoms with Crippen molar-refractivity contribution in [1.29, 1.82) is 5.41 Å². The fourth-order valence-electron chi connectivity index (χ4n) is 7.95. The van der Waals surface area contributed by atoms with Gasteiger partial charge in [0.2, 0.25) is 65.0 Å². The lowest BCUT2D eigenvalue weighted by atomic mass is 10.0. The summed E-state index contributed by atoms with van der Waals surface area (Å²) in [5.41, 5.74) is 17.5. The number of nitrogens with one attached hydrogen (secondary N) is 12. The Hall–Kier alpha value is -10.5. The largest absolute Gasteiger partial charge is 0.481 e. The van der Waals surface area contributed by atoms with Crippen LogP contribution < -0.4 is 70.4 Å². The van der Waals surface area contributed by atoms with Gasteiger partial charge in [0.15, 0.2) is 5.96 Å². The molecule has 0 saturated carbocycles. The van der Waals surface area contributed by atoms with Crippen molar-refractivity contribution < 1.29 is 107 Å². The van der Waals surface area contributed by atoms with Crippen molar-refractivity contribution in [2.45, 2.75) is 138 Å². The number of aliphatic carboxylic acids is 5. The Morgan fingerprint density at radius 3 is 1.20 bits per heavy atom. The third kappa shape index (κ3) is 26.2. The SMILES string of the molecule is CC(=O)N[C@H](CO)C(=O)N[C@H](CCC(=O)O)C(=O)N[C@H](CC(=O)O)C(=O)N[C@H](CC(N)=O)C(=O)N[C@H](CCCNC(=N)N)C(=O)N[C@H](CC(=O)O)C(=O)N[C@H](CCC(=O)O)C(=O)N[C@H](CCC(=O)O)C(=O)N[C@H](Cc1c[nH]c2ccccc12)C(N)=O. The molecular formula is C49H69N15O22. The highest BCUT2D eigenvalue weighted by molar-refractivity contribution is 6.01. The molecule has 1 heterocycles. The Bertz CT molecular complexity index is 2880. The number of rotatable bonds is 40. The van der Waals surface area contributed by atoms with Gasteiger partial charge in [-0.1, -0.05) is 18.2 Å². The number of aliphatic hydroxyl groups is 1. The van der Waals surface area contributed by atoms with Crippen molar-refractivity contribution in [3.63, 3.8) is 0 Å². The van der Waals surface area contributed by atoms with E-state index >= 15 is 0 Å². The van der Waals surface area contributed by atoms with Gasteiger partial charge >= 0.3 is 29.8 Å². The van der Waals surface area contributed by atoms with Crippen molar-refractivity contribution in [2.75, 3.05) is 13.2 Å². The molecule has 0 aliphatic heterocycles. The Labute approximate surface area is 486 Å². The van der Waals surface area contributed by atoms with Crippen molar-refractivity contribution in [2.24, 2.45) is 17.2 Å². The summed E-state index contributed by atoms with van der Waals surface area (Å²) in [6.45, 7) is -0.239. The summed E-state index contributed by atoms with van der Waals surface area (Å²) < 4.78 is 0. The summed E-state index contributed by atoms with van der Waals surface area (Å²) in [6, 6.07) is -10.5. The number of primary amides is 2. The molecule has 0 radical (unpaired) electrons. The summed E-state index contributed by atoms with van der Waals surface area (Å²) in [7, 11) is 0. The molecule has 86 heavy (non-hydrogen) atoms.